The van der Waals surface area contributed by atoms with Gasteiger partial charge in [-0.05, 0) is 32.8 Å². The predicted octanol–water partition coefficient (Wildman–Crippen LogP) is 4.17. The van der Waals surface area contributed by atoms with Crippen LogP contribution in [0.15, 0.2) is 34.3 Å². The zero-order valence-electron chi connectivity index (χ0n) is 16.9. The lowest BCUT2D eigenvalue weighted by Crippen LogP contribution is -2.63. The number of nitrogens with two attached hydrogens (primary N) is 1. The van der Waals surface area contributed by atoms with Crippen molar-refractivity contribution in [3.05, 3.63) is 35.4 Å². The molecule has 0 spiro atoms. The van der Waals surface area contributed by atoms with Gasteiger partial charge in [0.25, 0.3) is 0 Å². The molecule has 5 heteroatoms. The first-order chi connectivity index (χ1) is 12.4. The first-order valence-electron chi connectivity index (χ1n) is 9.92. The number of hydrogen-bond donors (Lipinski definition) is 2. The van der Waals surface area contributed by atoms with Crippen LogP contribution in [0.5, 0.6) is 0 Å². The van der Waals surface area contributed by atoms with E-state index in [1.807, 2.05) is 0 Å². The number of guanidine groups is 2. The van der Waals surface area contributed by atoms with Gasteiger partial charge in [-0.25, -0.2) is 0 Å². The van der Waals surface area contributed by atoms with Crippen LogP contribution in [0.2, 0.25) is 0 Å². The van der Waals surface area contributed by atoms with Gasteiger partial charge in [-0.1, -0.05) is 68.9 Å². The van der Waals surface area contributed by atoms with Crippen molar-refractivity contribution in [2.24, 2.45) is 15.7 Å². The SMILES string of the molecule is CCCCCCCCN=C1N=C(N)N(Cc2ccc(C)cc2)C(C)(C)N1. The number of rotatable bonds is 9. The fourth-order valence-electron chi connectivity index (χ4n) is 3.13. The molecular weight excluding hydrogens is 322 g/mol. The molecule has 0 aliphatic carbocycles. The monoisotopic (exact) mass is 357 g/mol. The average Bonchev–Trinajstić information content (AvgIpc) is 2.58. The maximum atomic E-state index is 6.26. The molecule has 0 atom stereocenters. The fraction of sp³-hybridized carbons (Fsp3) is 0.619. The number of unbranched alkanes of at least 4 members (excludes halogenated alkanes) is 5. The quantitative estimate of drug-likeness (QED) is 0.652. The topological polar surface area (TPSA) is 66.0 Å². The third-order valence-electron chi connectivity index (χ3n) is 4.82. The molecule has 0 radical (unpaired) electrons. The Morgan fingerprint density at radius 1 is 1.08 bits per heavy atom. The lowest BCUT2D eigenvalue weighted by molar-refractivity contribution is 0.178. The van der Waals surface area contributed by atoms with Gasteiger partial charge in [0.1, 0.15) is 5.66 Å². The molecule has 1 heterocycles. The molecule has 0 saturated carbocycles. The van der Waals surface area contributed by atoms with Crippen molar-refractivity contribution in [2.45, 2.75) is 78.4 Å². The van der Waals surface area contributed by atoms with Crippen LogP contribution in [0.4, 0.5) is 0 Å². The van der Waals surface area contributed by atoms with Crippen LogP contribution in [-0.2, 0) is 6.54 Å². The Labute approximate surface area is 158 Å². The highest BCUT2D eigenvalue weighted by atomic mass is 15.4. The Morgan fingerprint density at radius 3 is 2.38 bits per heavy atom. The molecule has 26 heavy (non-hydrogen) atoms. The molecule has 144 valence electrons. The van der Waals surface area contributed by atoms with Gasteiger partial charge in [0.15, 0.2) is 0 Å². The van der Waals surface area contributed by atoms with Crippen molar-refractivity contribution >= 4 is 11.9 Å². The largest absolute Gasteiger partial charge is 0.369 e. The van der Waals surface area contributed by atoms with Gasteiger partial charge < -0.3 is 16.0 Å². The molecule has 0 saturated heterocycles. The first-order valence-corrected chi connectivity index (χ1v) is 9.92. The van der Waals surface area contributed by atoms with Gasteiger partial charge in [-0.2, -0.15) is 4.99 Å². The molecule has 0 amide bonds. The Kier molecular flexibility index (Phi) is 7.49. The summed E-state index contributed by atoms with van der Waals surface area (Å²) in [5.41, 5.74) is 8.42. The molecule has 1 aromatic carbocycles. The summed E-state index contributed by atoms with van der Waals surface area (Å²) in [5, 5.41) is 3.42. The van der Waals surface area contributed by atoms with Gasteiger partial charge in [-0.15, -0.1) is 0 Å². The average molecular weight is 358 g/mol. The predicted molar refractivity (Wildman–Crippen MR) is 111 cm³/mol. The Bertz CT molecular complexity index is 616. The van der Waals surface area contributed by atoms with Gasteiger partial charge in [-0.3, -0.25) is 4.99 Å². The van der Waals surface area contributed by atoms with E-state index < -0.39 is 0 Å². The van der Waals surface area contributed by atoms with E-state index in [-0.39, 0.29) is 5.66 Å². The van der Waals surface area contributed by atoms with E-state index in [0.717, 1.165) is 19.5 Å². The third-order valence-corrected chi connectivity index (χ3v) is 4.82. The Morgan fingerprint density at radius 2 is 1.73 bits per heavy atom. The van der Waals surface area contributed by atoms with Crippen molar-refractivity contribution in [3.63, 3.8) is 0 Å². The number of nitrogens with zero attached hydrogens (tertiary/aromatic N) is 3. The number of nitrogens with one attached hydrogen (secondary N) is 1. The molecular formula is C21H35N5. The minimum Gasteiger partial charge on any atom is -0.369 e. The van der Waals surface area contributed by atoms with Crippen molar-refractivity contribution < 1.29 is 0 Å². The molecule has 0 aromatic heterocycles. The van der Waals surface area contributed by atoms with Crippen LogP contribution in [0.25, 0.3) is 0 Å². The minimum atomic E-state index is -0.323. The Hall–Kier alpha value is -2.04. The van der Waals surface area contributed by atoms with Crippen LogP contribution in [0, 0.1) is 6.92 Å². The highest BCUT2D eigenvalue weighted by Gasteiger charge is 2.33. The minimum absolute atomic E-state index is 0.323. The summed E-state index contributed by atoms with van der Waals surface area (Å²) >= 11 is 0. The first kappa shape index (κ1) is 20.3. The van der Waals surface area contributed by atoms with Crippen molar-refractivity contribution in [2.75, 3.05) is 6.54 Å². The second-order valence-electron chi connectivity index (χ2n) is 7.70. The Balaban J connectivity index is 1.92. The molecule has 0 unspecified atom stereocenters. The van der Waals surface area contributed by atoms with E-state index in [2.05, 4.69) is 72.2 Å². The number of hydrogen-bond acceptors (Lipinski definition) is 3. The van der Waals surface area contributed by atoms with Crippen LogP contribution >= 0.6 is 0 Å². The number of benzene rings is 1. The summed E-state index contributed by atoms with van der Waals surface area (Å²) in [6.45, 7) is 10.1. The highest BCUT2D eigenvalue weighted by Crippen LogP contribution is 2.19. The second-order valence-corrected chi connectivity index (χ2v) is 7.70. The zero-order valence-corrected chi connectivity index (χ0v) is 16.9. The number of aliphatic imine (C=N–C) groups is 2. The smallest absolute Gasteiger partial charge is 0.223 e. The molecule has 1 aliphatic rings. The summed E-state index contributed by atoms with van der Waals surface area (Å²) in [6, 6.07) is 8.53. The van der Waals surface area contributed by atoms with Crippen LogP contribution in [-0.4, -0.2) is 29.0 Å². The molecule has 3 N–H and O–H groups in total. The molecule has 1 aromatic rings. The van der Waals surface area contributed by atoms with Crippen molar-refractivity contribution in [1.29, 1.82) is 0 Å². The van der Waals surface area contributed by atoms with Crippen molar-refractivity contribution in [3.8, 4) is 0 Å². The summed E-state index contributed by atoms with van der Waals surface area (Å²) in [6.07, 6.45) is 7.60. The fourth-order valence-corrected chi connectivity index (χ4v) is 3.13. The molecule has 5 nitrogen and oxygen atoms in total. The second kappa shape index (κ2) is 9.60. The van der Waals surface area contributed by atoms with E-state index >= 15 is 0 Å². The van der Waals surface area contributed by atoms with Gasteiger partial charge in [0, 0.05) is 13.1 Å². The van der Waals surface area contributed by atoms with E-state index in [1.54, 1.807) is 0 Å². The summed E-state index contributed by atoms with van der Waals surface area (Å²) in [4.78, 5) is 11.2. The van der Waals surface area contributed by atoms with Gasteiger partial charge in [0.2, 0.25) is 11.9 Å². The molecule has 1 aliphatic heterocycles. The normalized spacial score (nSPS) is 17.9. The van der Waals surface area contributed by atoms with Crippen LogP contribution < -0.4 is 11.1 Å². The number of aryl methyl sites for hydroxylation is 1. The van der Waals surface area contributed by atoms with Crippen LogP contribution in [0.3, 0.4) is 0 Å². The van der Waals surface area contributed by atoms with E-state index in [0.29, 0.717) is 11.9 Å². The maximum absolute atomic E-state index is 6.26. The van der Waals surface area contributed by atoms with Gasteiger partial charge in [0.05, 0.1) is 0 Å². The molecule has 0 fully saturated rings. The molecule has 0 bridgehead atoms. The third kappa shape index (κ3) is 6.04. The van der Waals surface area contributed by atoms with Crippen LogP contribution in [0.1, 0.15) is 70.4 Å². The zero-order chi connectivity index (χ0) is 19.0. The van der Waals surface area contributed by atoms with E-state index in [9.17, 15) is 0 Å². The summed E-state index contributed by atoms with van der Waals surface area (Å²) in [5.74, 6) is 1.18. The standard InChI is InChI=1S/C21H35N5/c1-5-6-7-8-9-10-15-23-20-24-19(22)26(21(3,4)25-20)16-18-13-11-17(2)12-14-18/h11-14H,5-10,15-16H2,1-4H3,(H3,22,23,24,25). The van der Waals surface area contributed by atoms with Crippen molar-refractivity contribution in [1.82, 2.24) is 10.2 Å². The maximum Gasteiger partial charge on any atom is 0.223 e. The lowest BCUT2D eigenvalue weighted by atomic mass is 10.1. The van der Waals surface area contributed by atoms with E-state index in [4.69, 9.17) is 5.73 Å². The summed E-state index contributed by atoms with van der Waals surface area (Å²) < 4.78 is 0. The molecule has 2 rings (SSSR count). The summed E-state index contributed by atoms with van der Waals surface area (Å²) in [7, 11) is 0. The lowest BCUT2D eigenvalue weighted by Gasteiger charge is -2.43. The highest BCUT2D eigenvalue weighted by molar-refractivity contribution is 5.97. The van der Waals surface area contributed by atoms with E-state index in [1.165, 1.54) is 43.2 Å². The van der Waals surface area contributed by atoms with Gasteiger partial charge >= 0.3 is 0 Å².